The molecule has 1 heterocycles. The van der Waals surface area contributed by atoms with Gasteiger partial charge in [-0.25, -0.2) is 4.39 Å². The minimum absolute atomic E-state index is 0.0401. The Hall–Kier alpha value is -2.89. The van der Waals surface area contributed by atoms with Crippen molar-refractivity contribution in [1.82, 2.24) is 10.2 Å². The minimum atomic E-state index is -0.600. The van der Waals surface area contributed by atoms with Gasteiger partial charge in [0.2, 0.25) is 5.91 Å². The van der Waals surface area contributed by atoms with E-state index in [1.807, 2.05) is 64.6 Å². The maximum Gasteiger partial charge on any atom is 0.261 e. The molecule has 3 rings (SSSR count). The molecule has 0 bridgehead atoms. The van der Waals surface area contributed by atoms with Crippen molar-refractivity contribution in [3.63, 3.8) is 0 Å². The van der Waals surface area contributed by atoms with Crippen molar-refractivity contribution < 1.29 is 18.7 Å². The van der Waals surface area contributed by atoms with Crippen molar-refractivity contribution >= 4 is 11.8 Å². The number of nitrogens with zero attached hydrogens (tertiary/aromatic N) is 1. The Labute approximate surface area is 202 Å². The van der Waals surface area contributed by atoms with Crippen molar-refractivity contribution in [2.45, 2.75) is 66.5 Å². The average molecular weight is 469 g/mol. The lowest BCUT2D eigenvalue weighted by Crippen LogP contribution is -2.45. The molecule has 0 saturated carbocycles. The van der Waals surface area contributed by atoms with Crippen LogP contribution in [0, 0.1) is 17.2 Å². The SMILES string of the molecule is CC[C@@H](Oc1ccc2c(c1)[C@@H](c1ccc(F)cc1)N(C(=O)C(C)(C)C)CC2)C(=O)NCC(C)C. The topological polar surface area (TPSA) is 58.6 Å². The summed E-state index contributed by atoms with van der Waals surface area (Å²) in [6, 6.07) is 11.8. The molecule has 0 unspecified atom stereocenters. The van der Waals surface area contributed by atoms with Gasteiger partial charge in [0.25, 0.3) is 5.91 Å². The third-order valence-corrected chi connectivity index (χ3v) is 6.06. The third kappa shape index (κ3) is 5.96. The highest BCUT2D eigenvalue weighted by Crippen LogP contribution is 2.39. The Morgan fingerprint density at radius 3 is 2.41 bits per heavy atom. The summed E-state index contributed by atoms with van der Waals surface area (Å²) in [6.07, 6.45) is 0.662. The minimum Gasteiger partial charge on any atom is -0.481 e. The Morgan fingerprint density at radius 1 is 1.15 bits per heavy atom. The summed E-state index contributed by atoms with van der Waals surface area (Å²) < 4.78 is 19.8. The van der Waals surface area contributed by atoms with Gasteiger partial charge < -0.3 is 15.0 Å². The number of hydrogen-bond acceptors (Lipinski definition) is 3. The van der Waals surface area contributed by atoms with E-state index in [-0.39, 0.29) is 23.7 Å². The summed E-state index contributed by atoms with van der Waals surface area (Å²) in [4.78, 5) is 27.9. The van der Waals surface area contributed by atoms with Gasteiger partial charge in [0.1, 0.15) is 11.6 Å². The zero-order valence-electron chi connectivity index (χ0n) is 21.2. The highest BCUT2D eigenvalue weighted by molar-refractivity contribution is 5.83. The number of ether oxygens (including phenoxy) is 1. The van der Waals surface area contributed by atoms with E-state index in [1.54, 1.807) is 12.1 Å². The lowest BCUT2D eigenvalue weighted by atomic mass is 9.85. The summed E-state index contributed by atoms with van der Waals surface area (Å²) in [5.41, 5.74) is 2.37. The van der Waals surface area contributed by atoms with Gasteiger partial charge >= 0.3 is 0 Å². The van der Waals surface area contributed by atoms with E-state index in [9.17, 15) is 14.0 Å². The van der Waals surface area contributed by atoms with Gasteiger partial charge in [0.15, 0.2) is 6.10 Å². The van der Waals surface area contributed by atoms with E-state index in [2.05, 4.69) is 5.32 Å². The zero-order chi connectivity index (χ0) is 25.0. The van der Waals surface area contributed by atoms with Crippen LogP contribution < -0.4 is 10.1 Å². The third-order valence-electron chi connectivity index (χ3n) is 6.06. The molecule has 1 aliphatic heterocycles. The van der Waals surface area contributed by atoms with E-state index in [1.165, 1.54) is 12.1 Å². The molecule has 1 N–H and O–H groups in total. The molecule has 0 radical (unpaired) electrons. The van der Waals surface area contributed by atoms with Crippen LogP contribution in [0.5, 0.6) is 5.75 Å². The van der Waals surface area contributed by atoms with Crippen LogP contribution >= 0.6 is 0 Å². The van der Waals surface area contributed by atoms with E-state index in [4.69, 9.17) is 4.74 Å². The molecule has 0 aromatic heterocycles. The van der Waals surface area contributed by atoms with E-state index < -0.39 is 11.5 Å². The first-order valence-electron chi connectivity index (χ1n) is 12.1. The second kappa shape index (κ2) is 10.6. The van der Waals surface area contributed by atoms with E-state index in [0.717, 1.165) is 23.1 Å². The van der Waals surface area contributed by atoms with E-state index >= 15 is 0 Å². The van der Waals surface area contributed by atoms with Gasteiger partial charge in [-0.2, -0.15) is 0 Å². The van der Waals surface area contributed by atoms with Crippen LogP contribution in [0.15, 0.2) is 42.5 Å². The Bertz CT molecular complexity index is 1010. The highest BCUT2D eigenvalue weighted by Gasteiger charge is 2.37. The van der Waals surface area contributed by atoms with Crippen molar-refractivity contribution in [1.29, 1.82) is 0 Å². The molecule has 6 heteroatoms. The predicted molar refractivity (Wildman–Crippen MR) is 132 cm³/mol. The normalized spacial score (nSPS) is 16.7. The van der Waals surface area contributed by atoms with Gasteiger partial charge in [-0.3, -0.25) is 9.59 Å². The molecular weight excluding hydrogens is 431 g/mol. The molecule has 0 fully saturated rings. The number of halogens is 1. The fourth-order valence-electron chi connectivity index (χ4n) is 4.23. The number of fused-ring (bicyclic) bond motifs is 1. The lowest BCUT2D eigenvalue weighted by molar-refractivity contribution is -0.141. The van der Waals surface area contributed by atoms with Crippen LogP contribution in [0.25, 0.3) is 0 Å². The number of nitrogens with one attached hydrogen (secondary N) is 1. The molecule has 0 saturated heterocycles. The summed E-state index contributed by atoms with van der Waals surface area (Å²) in [7, 11) is 0. The van der Waals surface area contributed by atoms with Crippen molar-refractivity contribution in [3.8, 4) is 5.75 Å². The standard InChI is InChI=1S/C28H37FN2O3/c1-7-24(26(32)30-17-18(2)3)34-22-13-10-19-14-15-31(27(33)28(4,5)6)25(23(19)16-22)20-8-11-21(29)12-9-20/h8-13,16,18,24-25H,7,14-15,17H2,1-6H3,(H,30,32)/t24-,25-/m1/s1. The molecule has 2 amide bonds. The Balaban J connectivity index is 1.97. The summed E-state index contributed by atoms with van der Waals surface area (Å²) >= 11 is 0. The number of amides is 2. The van der Waals surface area contributed by atoms with Gasteiger partial charge in [-0.1, -0.05) is 59.7 Å². The average Bonchev–Trinajstić information content (AvgIpc) is 2.79. The largest absolute Gasteiger partial charge is 0.481 e. The molecule has 1 aliphatic rings. The van der Waals surface area contributed by atoms with Crippen molar-refractivity contribution in [3.05, 3.63) is 65.0 Å². The molecule has 0 aliphatic carbocycles. The number of rotatable bonds is 7. The lowest BCUT2D eigenvalue weighted by Gasteiger charge is -2.41. The summed E-state index contributed by atoms with van der Waals surface area (Å²) in [5, 5.41) is 2.94. The van der Waals surface area contributed by atoms with Gasteiger partial charge in [-0.05, 0) is 59.7 Å². The smallest absolute Gasteiger partial charge is 0.261 e. The monoisotopic (exact) mass is 468 g/mol. The maximum atomic E-state index is 13.7. The second-order valence-electron chi connectivity index (χ2n) is 10.5. The number of carbonyl (C=O) groups excluding carboxylic acids is 2. The fourth-order valence-corrected chi connectivity index (χ4v) is 4.23. The number of hydrogen-bond donors (Lipinski definition) is 1. The van der Waals surface area contributed by atoms with Crippen LogP contribution in [0.4, 0.5) is 4.39 Å². The second-order valence-corrected chi connectivity index (χ2v) is 10.5. The Morgan fingerprint density at radius 2 is 1.82 bits per heavy atom. The molecule has 2 aromatic carbocycles. The first-order chi connectivity index (χ1) is 16.0. The van der Waals surface area contributed by atoms with Crippen molar-refractivity contribution in [2.75, 3.05) is 13.1 Å². The summed E-state index contributed by atoms with van der Waals surface area (Å²) in [6.45, 7) is 12.9. The van der Waals surface area contributed by atoms with E-state index in [0.29, 0.717) is 31.2 Å². The van der Waals surface area contributed by atoms with Crippen LogP contribution in [0.3, 0.4) is 0 Å². The van der Waals surface area contributed by atoms with Gasteiger partial charge in [-0.15, -0.1) is 0 Å². The first-order valence-corrected chi connectivity index (χ1v) is 12.1. The van der Waals surface area contributed by atoms with Crippen LogP contribution in [-0.2, 0) is 16.0 Å². The first kappa shape index (κ1) is 25.7. The number of benzene rings is 2. The molecule has 5 nitrogen and oxygen atoms in total. The summed E-state index contributed by atoms with van der Waals surface area (Å²) in [5.74, 6) is 0.533. The molecule has 2 atom stereocenters. The molecular formula is C28H37FN2O3. The Kier molecular flexibility index (Phi) is 8.01. The molecule has 34 heavy (non-hydrogen) atoms. The van der Waals surface area contributed by atoms with Crippen LogP contribution in [0.2, 0.25) is 0 Å². The van der Waals surface area contributed by atoms with Crippen LogP contribution in [0.1, 0.15) is 70.7 Å². The van der Waals surface area contributed by atoms with Crippen molar-refractivity contribution in [2.24, 2.45) is 11.3 Å². The fraction of sp³-hybridized carbons (Fsp3) is 0.500. The number of carbonyl (C=O) groups is 2. The predicted octanol–water partition coefficient (Wildman–Crippen LogP) is 5.28. The zero-order valence-corrected chi connectivity index (χ0v) is 21.2. The quantitative estimate of drug-likeness (QED) is 0.602. The molecule has 2 aromatic rings. The van der Waals surface area contributed by atoms with Gasteiger partial charge in [0, 0.05) is 18.5 Å². The maximum absolute atomic E-state index is 13.7. The van der Waals surface area contributed by atoms with Gasteiger partial charge in [0.05, 0.1) is 6.04 Å². The molecule has 184 valence electrons. The highest BCUT2D eigenvalue weighted by atomic mass is 19.1. The molecule has 0 spiro atoms. The van der Waals surface area contributed by atoms with Crippen LogP contribution in [-0.4, -0.2) is 35.9 Å².